The molecule has 0 saturated heterocycles. The first-order valence-electron chi connectivity index (χ1n) is 14.2. The lowest BCUT2D eigenvalue weighted by Gasteiger charge is -2.19. The lowest BCUT2D eigenvalue weighted by atomic mass is 9.84. The molecule has 8 rings (SSSR count). The van der Waals surface area contributed by atoms with Gasteiger partial charge < -0.3 is 35.1 Å². The molecule has 0 fully saturated rings. The molecular formula is C38H24O7. The average molecular weight is 593 g/mol. The highest BCUT2D eigenvalue weighted by atomic mass is 16.4. The van der Waals surface area contributed by atoms with Gasteiger partial charge >= 0.3 is 0 Å². The summed E-state index contributed by atoms with van der Waals surface area (Å²) in [5.74, 6) is -3.98. The van der Waals surface area contributed by atoms with Crippen LogP contribution in [0.4, 0.5) is 0 Å². The molecule has 6 N–H and O–H groups in total. The van der Waals surface area contributed by atoms with Gasteiger partial charge in [-0.05, 0) is 38.2 Å². The first kappa shape index (κ1) is 26.3. The van der Waals surface area contributed by atoms with Crippen LogP contribution < -0.4 is 0 Å². The number of benzene rings is 7. The maximum atomic E-state index is 11.8. The van der Waals surface area contributed by atoms with Crippen molar-refractivity contribution in [2.75, 3.05) is 0 Å². The number of aromatic hydroxyl groups is 6. The molecule has 45 heavy (non-hydrogen) atoms. The van der Waals surface area contributed by atoms with Gasteiger partial charge in [0.05, 0.1) is 10.9 Å². The number of furan rings is 1. The minimum absolute atomic E-state index is 0.0468. The highest BCUT2D eigenvalue weighted by Crippen LogP contribution is 2.60. The van der Waals surface area contributed by atoms with Gasteiger partial charge in [0, 0.05) is 16.5 Å². The van der Waals surface area contributed by atoms with Crippen LogP contribution in [0.5, 0.6) is 34.5 Å². The summed E-state index contributed by atoms with van der Waals surface area (Å²) < 4.78 is 5.89. The maximum Gasteiger partial charge on any atom is 0.205 e. The molecule has 1 aromatic heterocycles. The van der Waals surface area contributed by atoms with Crippen molar-refractivity contribution in [3.05, 3.63) is 109 Å². The molecule has 0 radical (unpaired) electrons. The normalized spacial score (nSPS) is 11.6. The standard InChI is InChI=1S/C38H24O7/c39-31-26(20-13-5-2-6-14-20)32(40)35(43)38-30(31)29-28(33(41)34(42)36(44)37(29)45-38)27-23-17-9-7-15-21(23)25(19-11-3-1-4-12-19)22-16-8-10-18-24(22)27/h1-18,39-44H. The van der Waals surface area contributed by atoms with E-state index in [1.807, 2.05) is 78.9 Å². The van der Waals surface area contributed by atoms with E-state index in [0.29, 0.717) is 11.1 Å². The molecule has 0 aliphatic rings. The van der Waals surface area contributed by atoms with Crippen LogP contribution >= 0.6 is 0 Å². The Balaban J connectivity index is 1.63. The van der Waals surface area contributed by atoms with E-state index in [9.17, 15) is 30.6 Å². The third-order valence-electron chi connectivity index (χ3n) is 8.51. The van der Waals surface area contributed by atoms with Crippen molar-refractivity contribution in [2.24, 2.45) is 0 Å². The van der Waals surface area contributed by atoms with Crippen LogP contribution in [0.3, 0.4) is 0 Å². The summed E-state index contributed by atoms with van der Waals surface area (Å²) in [5.41, 5.74) is 2.28. The zero-order valence-electron chi connectivity index (χ0n) is 23.5. The van der Waals surface area contributed by atoms with Crippen LogP contribution in [0.2, 0.25) is 0 Å². The van der Waals surface area contributed by atoms with Gasteiger partial charge in [-0.3, -0.25) is 0 Å². The largest absolute Gasteiger partial charge is 0.506 e. The molecule has 218 valence electrons. The predicted octanol–water partition coefficient (Wildman–Crippen LogP) is 9.13. The molecule has 0 aliphatic carbocycles. The van der Waals surface area contributed by atoms with Crippen LogP contribution in [-0.4, -0.2) is 30.6 Å². The van der Waals surface area contributed by atoms with Gasteiger partial charge in [0.25, 0.3) is 0 Å². The summed E-state index contributed by atoms with van der Waals surface area (Å²) in [5, 5.41) is 70.9. The Morgan fingerprint density at radius 3 is 1.24 bits per heavy atom. The zero-order valence-corrected chi connectivity index (χ0v) is 23.5. The van der Waals surface area contributed by atoms with Gasteiger partial charge in [-0.2, -0.15) is 0 Å². The molecule has 1 heterocycles. The number of phenols is 6. The second kappa shape index (κ2) is 9.59. The van der Waals surface area contributed by atoms with Crippen LogP contribution in [0.15, 0.2) is 114 Å². The lowest BCUT2D eigenvalue weighted by molar-refractivity contribution is 0.368. The van der Waals surface area contributed by atoms with Gasteiger partial charge in [-0.15, -0.1) is 0 Å². The van der Waals surface area contributed by atoms with E-state index < -0.39 is 34.5 Å². The molecule has 0 bridgehead atoms. The van der Waals surface area contributed by atoms with E-state index in [4.69, 9.17) is 4.42 Å². The summed E-state index contributed by atoms with van der Waals surface area (Å²) in [6.07, 6.45) is 0. The van der Waals surface area contributed by atoms with E-state index in [-0.39, 0.29) is 33.1 Å². The molecule has 0 saturated carbocycles. The van der Waals surface area contributed by atoms with E-state index >= 15 is 0 Å². The van der Waals surface area contributed by atoms with Crippen molar-refractivity contribution in [3.8, 4) is 67.9 Å². The Bertz CT molecular complexity index is 2420. The van der Waals surface area contributed by atoms with Crippen molar-refractivity contribution < 1.29 is 35.1 Å². The fourth-order valence-corrected chi connectivity index (χ4v) is 6.58. The smallest absolute Gasteiger partial charge is 0.205 e. The molecule has 7 aromatic carbocycles. The molecule has 0 aliphatic heterocycles. The molecule has 7 nitrogen and oxygen atoms in total. The first-order valence-corrected chi connectivity index (χ1v) is 14.2. The Labute approximate surface area is 255 Å². The minimum atomic E-state index is -0.830. The highest BCUT2D eigenvalue weighted by molar-refractivity contribution is 6.29. The van der Waals surface area contributed by atoms with E-state index in [1.165, 1.54) is 0 Å². The van der Waals surface area contributed by atoms with Crippen LogP contribution in [0.1, 0.15) is 0 Å². The fraction of sp³-hybridized carbons (Fsp3) is 0. The number of fused-ring (bicyclic) bond motifs is 5. The first-order chi connectivity index (χ1) is 21.9. The highest BCUT2D eigenvalue weighted by Gasteiger charge is 2.32. The van der Waals surface area contributed by atoms with Gasteiger partial charge in [-0.1, -0.05) is 109 Å². The third kappa shape index (κ3) is 3.58. The molecule has 0 atom stereocenters. The van der Waals surface area contributed by atoms with Gasteiger partial charge in [0.15, 0.2) is 22.7 Å². The zero-order chi connectivity index (χ0) is 31.0. The quantitative estimate of drug-likeness (QED) is 0.0684. The molecular weight excluding hydrogens is 568 g/mol. The second-order valence-electron chi connectivity index (χ2n) is 10.9. The van der Waals surface area contributed by atoms with Gasteiger partial charge in [0.2, 0.25) is 17.2 Å². The van der Waals surface area contributed by atoms with Crippen molar-refractivity contribution in [3.63, 3.8) is 0 Å². The topological polar surface area (TPSA) is 135 Å². The Morgan fingerprint density at radius 2 is 0.711 bits per heavy atom. The summed E-state index contributed by atoms with van der Waals surface area (Å²) >= 11 is 0. The maximum absolute atomic E-state index is 11.8. The summed E-state index contributed by atoms with van der Waals surface area (Å²) in [6.45, 7) is 0. The van der Waals surface area contributed by atoms with E-state index in [2.05, 4.69) is 0 Å². The monoisotopic (exact) mass is 592 g/mol. The summed E-state index contributed by atoms with van der Waals surface area (Å²) in [6, 6.07) is 33.8. The van der Waals surface area contributed by atoms with Crippen molar-refractivity contribution in [2.45, 2.75) is 0 Å². The van der Waals surface area contributed by atoms with Gasteiger partial charge in [0.1, 0.15) is 5.75 Å². The Morgan fingerprint density at radius 1 is 0.311 bits per heavy atom. The molecule has 7 heteroatoms. The lowest BCUT2D eigenvalue weighted by Crippen LogP contribution is -1.92. The third-order valence-corrected chi connectivity index (χ3v) is 8.51. The summed E-state index contributed by atoms with van der Waals surface area (Å²) in [4.78, 5) is 0. The number of rotatable bonds is 3. The summed E-state index contributed by atoms with van der Waals surface area (Å²) in [7, 11) is 0. The Hall–Kier alpha value is -6.34. The van der Waals surface area contributed by atoms with E-state index in [1.54, 1.807) is 30.3 Å². The van der Waals surface area contributed by atoms with E-state index in [0.717, 1.165) is 32.7 Å². The number of hydrogen-bond acceptors (Lipinski definition) is 7. The SMILES string of the molecule is Oc1c(-c2ccccc2)c(O)c2c(oc3c(O)c(O)c(O)c(-c4c5ccccc5c(-c5ccccc5)c5ccccc45)c32)c1O. The molecule has 0 spiro atoms. The van der Waals surface area contributed by atoms with Crippen LogP contribution in [0, 0.1) is 0 Å². The molecule has 0 amide bonds. The number of phenolic OH excluding ortho intramolecular Hbond substituents is 6. The molecule has 8 aromatic rings. The Kier molecular flexibility index (Phi) is 5.60. The van der Waals surface area contributed by atoms with Crippen molar-refractivity contribution in [1.82, 2.24) is 0 Å². The fourth-order valence-electron chi connectivity index (χ4n) is 6.58. The second-order valence-corrected chi connectivity index (χ2v) is 10.9. The molecule has 0 unspecified atom stereocenters. The minimum Gasteiger partial charge on any atom is -0.506 e. The van der Waals surface area contributed by atoms with Crippen LogP contribution in [0.25, 0.3) is 76.9 Å². The van der Waals surface area contributed by atoms with Crippen molar-refractivity contribution >= 4 is 43.5 Å². The van der Waals surface area contributed by atoms with Gasteiger partial charge in [-0.25, -0.2) is 0 Å². The number of hydrogen-bond donors (Lipinski definition) is 6. The average Bonchev–Trinajstić information content (AvgIpc) is 3.48. The van der Waals surface area contributed by atoms with Crippen molar-refractivity contribution in [1.29, 1.82) is 0 Å². The predicted molar refractivity (Wildman–Crippen MR) is 175 cm³/mol. The van der Waals surface area contributed by atoms with Crippen LogP contribution in [-0.2, 0) is 0 Å².